The Morgan fingerprint density at radius 1 is 1.06 bits per heavy atom. The molecule has 0 spiro atoms. The average molecular weight is 453 g/mol. The number of amides is 2. The first kappa shape index (κ1) is 21.7. The summed E-state index contributed by atoms with van der Waals surface area (Å²) in [5.41, 5.74) is 3.35. The average Bonchev–Trinajstić information content (AvgIpc) is 3.14. The number of nitrogens with one attached hydrogen (secondary N) is 2. The second-order valence-electron chi connectivity index (χ2n) is 7.38. The summed E-state index contributed by atoms with van der Waals surface area (Å²) in [4.78, 5) is 26.1. The molecule has 32 heavy (non-hydrogen) atoms. The van der Waals surface area contributed by atoms with Gasteiger partial charge in [0.25, 0.3) is 5.91 Å². The maximum Gasteiger partial charge on any atom is 0.266 e. The number of benzene rings is 2. The Morgan fingerprint density at radius 3 is 2.31 bits per heavy atom. The van der Waals surface area contributed by atoms with Crippen LogP contribution in [-0.4, -0.2) is 33.1 Å². The zero-order valence-corrected chi connectivity index (χ0v) is 19.1. The number of para-hydroxylation sites is 1. The summed E-state index contributed by atoms with van der Waals surface area (Å²) in [6.45, 7) is 1.91. The standard InChI is InChI=1S/C24H24N2O5S/c1-13-20-16(14-10-17(29-2)21(31-4)18(11-14)30-3)12-19(27)26-24(20)32-22(13)23(28)25-15-8-6-5-7-9-15/h5-11,16H,12H2,1-4H3,(H,25,28)(H,26,27). The van der Waals surface area contributed by atoms with E-state index in [4.69, 9.17) is 14.2 Å². The molecule has 0 saturated heterocycles. The Labute approximate surface area is 190 Å². The van der Waals surface area contributed by atoms with Crippen LogP contribution in [0.4, 0.5) is 10.7 Å². The van der Waals surface area contributed by atoms with Gasteiger partial charge in [0.1, 0.15) is 0 Å². The highest BCUT2D eigenvalue weighted by Gasteiger charge is 2.34. The zero-order valence-electron chi connectivity index (χ0n) is 18.3. The molecular weight excluding hydrogens is 428 g/mol. The number of hydrogen-bond acceptors (Lipinski definition) is 6. The summed E-state index contributed by atoms with van der Waals surface area (Å²) < 4.78 is 16.4. The van der Waals surface area contributed by atoms with Crippen molar-refractivity contribution in [1.82, 2.24) is 0 Å². The number of rotatable bonds is 6. The molecular formula is C24H24N2O5S. The summed E-state index contributed by atoms with van der Waals surface area (Å²) in [7, 11) is 4.66. The van der Waals surface area contributed by atoms with Gasteiger partial charge in [-0.3, -0.25) is 9.59 Å². The number of thiophene rings is 1. The maximum absolute atomic E-state index is 13.0. The van der Waals surface area contributed by atoms with Gasteiger partial charge in [0, 0.05) is 18.0 Å². The van der Waals surface area contributed by atoms with Crippen molar-refractivity contribution < 1.29 is 23.8 Å². The lowest BCUT2D eigenvalue weighted by atomic mass is 9.84. The molecule has 1 aromatic heterocycles. The smallest absolute Gasteiger partial charge is 0.266 e. The molecule has 2 amide bonds. The lowest BCUT2D eigenvalue weighted by molar-refractivity contribution is -0.116. The topological polar surface area (TPSA) is 85.9 Å². The van der Waals surface area contributed by atoms with Crippen molar-refractivity contribution in [2.24, 2.45) is 0 Å². The summed E-state index contributed by atoms with van der Waals surface area (Å²) in [5.74, 6) is 0.971. The Kier molecular flexibility index (Phi) is 6.05. The first-order valence-electron chi connectivity index (χ1n) is 10.1. The van der Waals surface area contributed by atoms with Crippen molar-refractivity contribution >= 4 is 33.8 Å². The van der Waals surface area contributed by atoms with E-state index in [0.29, 0.717) is 32.8 Å². The molecule has 2 N–H and O–H groups in total. The minimum atomic E-state index is -0.248. The van der Waals surface area contributed by atoms with Crippen LogP contribution in [0.15, 0.2) is 42.5 Å². The van der Waals surface area contributed by atoms with E-state index in [1.54, 1.807) is 21.3 Å². The van der Waals surface area contributed by atoms with Crippen LogP contribution in [0.25, 0.3) is 0 Å². The fraction of sp³-hybridized carbons (Fsp3) is 0.250. The molecule has 1 aliphatic rings. The van der Waals surface area contributed by atoms with Gasteiger partial charge in [-0.25, -0.2) is 0 Å². The molecule has 8 heteroatoms. The molecule has 1 aliphatic heterocycles. The summed E-state index contributed by atoms with van der Waals surface area (Å²) >= 11 is 1.29. The van der Waals surface area contributed by atoms with Gasteiger partial charge in [-0.15, -0.1) is 11.3 Å². The number of carbonyl (C=O) groups excluding carboxylic acids is 2. The Balaban J connectivity index is 1.77. The van der Waals surface area contributed by atoms with Gasteiger partial charge < -0.3 is 24.8 Å². The van der Waals surface area contributed by atoms with E-state index in [1.165, 1.54) is 11.3 Å². The molecule has 2 aromatic carbocycles. The highest BCUT2D eigenvalue weighted by molar-refractivity contribution is 7.18. The number of fused-ring (bicyclic) bond motifs is 1. The van der Waals surface area contributed by atoms with Crippen molar-refractivity contribution in [3.8, 4) is 17.2 Å². The Hall–Kier alpha value is -3.52. The molecule has 2 heterocycles. The third-order valence-corrected chi connectivity index (χ3v) is 6.73. The molecule has 166 valence electrons. The summed E-state index contributed by atoms with van der Waals surface area (Å²) in [5, 5.41) is 6.55. The fourth-order valence-electron chi connectivity index (χ4n) is 4.02. The number of hydrogen-bond donors (Lipinski definition) is 2. The highest BCUT2D eigenvalue weighted by atomic mass is 32.1. The van der Waals surface area contributed by atoms with Crippen LogP contribution in [0.2, 0.25) is 0 Å². The molecule has 1 atom stereocenters. The lowest BCUT2D eigenvalue weighted by Crippen LogP contribution is -2.22. The van der Waals surface area contributed by atoms with Crippen molar-refractivity contribution in [1.29, 1.82) is 0 Å². The van der Waals surface area contributed by atoms with Crippen molar-refractivity contribution in [3.05, 3.63) is 64.0 Å². The van der Waals surface area contributed by atoms with E-state index in [2.05, 4.69) is 10.6 Å². The second-order valence-corrected chi connectivity index (χ2v) is 8.40. The summed E-state index contributed by atoms with van der Waals surface area (Å²) in [6.07, 6.45) is 0.253. The molecule has 3 aromatic rings. The van der Waals surface area contributed by atoms with Crippen LogP contribution in [0, 0.1) is 6.92 Å². The first-order valence-corrected chi connectivity index (χ1v) is 10.9. The maximum atomic E-state index is 13.0. The molecule has 0 radical (unpaired) electrons. The van der Waals surface area contributed by atoms with Crippen molar-refractivity contribution in [2.45, 2.75) is 19.3 Å². The predicted octanol–water partition coefficient (Wildman–Crippen LogP) is 4.81. The van der Waals surface area contributed by atoms with Crippen LogP contribution in [0.1, 0.15) is 38.7 Å². The minimum Gasteiger partial charge on any atom is -0.493 e. The number of carbonyl (C=O) groups is 2. The molecule has 1 unspecified atom stereocenters. The molecule has 0 saturated carbocycles. The van der Waals surface area contributed by atoms with E-state index in [0.717, 1.165) is 16.7 Å². The van der Waals surface area contributed by atoms with Crippen LogP contribution in [-0.2, 0) is 4.79 Å². The number of ether oxygens (including phenoxy) is 3. The van der Waals surface area contributed by atoms with Crippen molar-refractivity contribution in [2.75, 3.05) is 32.0 Å². The molecule has 4 rings (SSSR count). The van der Waals surface area contributed by atoms with Gasteiger partial charge in [0.15, 0.2) is 11.5 Å². The fourth-order valence-corrected chi connectivity index (χ4v) is 5.20. The van der Waals surface area contributed by atoms with Gasteiger partial charge >= 0.3 is 0 Å². The van der Waals surface area contributed by atoms with Crippen molar-refractivity contribution in [3.63, 3.8) is 0 Å². The van der Waals surface area contributed by atoms with Gasteiger partial charge in [-0.1, -0.05) is 18.2 Å². The van der Waals surface area contributed by atoms with E-state index in [1.807, 2.05) is 49.4 Å². The quantitative estimate of drug-likeness (QED) is 0.561. The largest absolute Gasteiger partial charge is 0.493 e. The highest BCUT2D eigenvalue weighted by Crippen LogP contribution is 2.48. The van der Waals surface area contributed by atoms with E-state index in [-0.39, 0.29) is 24.2 Å². The number of methoxy groups -OCH3 is 3. The van der Waals surface area contributed by atoms with Crippen LogP contribution in [0.5, 0.6) is 17.2 Å². The monoisotopic (exact) mass is 452 g/mol. The lowest BCUT2D eigenvalue weighted by Gasteiger charge is -2.25. The van der Waals surface area contributed by atoms with Crippen LogP contribution in [0.3, 0.4) is 0 Å². The van der Waals surface area contributed by atoms with Gasteiger partial charge in [0.2, 0.25) is 11.7 Å². The first-order chi connectivity index (χ1) is 15.5. The molecule has 0 bridgehead atoms. The second kappa shape index (κ2) is 8.92. The van der Waals surface area contributed by atoms with Crippen LogP contribution >= 0.6 is 11.3 Å². The van der Waals surface area contributed by atoms with E-state index < -0.39 is 0 Å². The predicted molar refractivity (Wildman–Crippen MR) is 125 cm³/mol. The molecule has 7 nitrogen and oxygen atoms in total. The van der Waals surface area contributed by atoms with E-state index >= 15 is 0 Å². The normalized spacial score (nSPS) is 14.9. The molecule has 0 aliphatic carbocycles. The third-order valence-electron chi connectivity index (χ3n) is 5.51. The number of anilines is 2. The van der Waals surface area contributed by atoms with Crippen LogP contribution < -0.4 is 24.8 Å². The SMILES string of the molecule is COc1cc(C2CC(=O)Nc3sc(C(=O)Nc4ccccc4)c(C)c32)cc(OC)c1OC. The van der Waals surface area contributed by atoms with E-state index in [9.17, 15) is 9.59 Å². The van der Waals surface area contributed by atoms with Gasteiger partial charge in [-0.05, 0) is 47.9 Å². The van der Waals surface area contributed by atoms with Gasteiger partial charge in [0.05, 0.1) is 31.2 Å². The Bertz CT molecular complexity index is 1150. The minimum absolute atomic E-state index is 0.104. The zero-order chi connectivity index (χ0) is 22.8. The molecule has 0 fully saturated rings. The van der Waals surface area contributed by atoms with Gasteiger partial charge in [-0.2, -0.15) is 0 Å². The Morgan fingerprint density at radius 2 is 1.72 bits per heavy atom. The summed E-state index contributed by atoms with van der Waals surface area (Å²) in [6, 6.07) is 13.0. The third kappa shape index (κ3) is 3.89.